The van der Waals surface area contributed by atoms with E-state index >= 15 is 0 Å². The van der Waals surface area contributed by atoms with Crippen molar-refractivity contribution in [2.45, 2.75) is 52.6 Å². The molecular formula is C22H26O4. The molecule has 0 aromatic heterocycles. The zero-order chi connectivity index (χ0) is 18.7. The first-order chi connectivity index (χ1) is 12.5. The maximum atomic E-state index is 11.5. The highest BCUT2D eigenvalue weighted by molar-refractivity contribution is 5.64. The minimum Gasteiger partial charge on any atom is -0.488 e. The van der Waals surface area contributed by atoms with Crippen molar-refractivity contribution in [3.8, 4) is 11.5 Å². The Morgan fingerprint density at radius 1 is 1.12 bits per heavy atom. The Morgan fingerprint density at radius 3 is 2.54 bits per heavy atom. The average molecular weight is 354 g/mol. The molecule has 0 amide bonds. The van der Waals surface area contributed by atoms with Crippen molar-refractivity contribution in [1.82, 2.24) is 0 Å². The maximum absolute atomic E-state index is 11.5. The molecule has 0 bridgehead atoms. The molecule has 0 N–H and O–H groups in total. The van der Waals surface area contributed by atoms with Crippen LogP contribution in [-0.4, -0.2) is 13.3 Å². The van der Waals surface area contributed by atoms with Gasteiger partial charge in [0.2, 0.25) is 0 Å². The van der Waals surface area contributed by atoms with Gasteiger partial charge in [-0.15, -0.1) is 0 Å². The second kappa shape index (κ2) is 7.81. The number of benzene rings is 2. The van der Waals surface area contributed by atoms with Gasteiger partial charge >= 0.3 is 6.16 Å². The molecule has 2 aromatic carbocycles. The van der Waals surface area contributed by atoms with Crippen LogP contribution in [0.15, 0.2) is 30.3 Å². The summed E-state index contributed by atoms with van der Waals surface area (Å²) in [5, 5.41) is 0. The molecule has 4 heteroatoms. The summed E-state index contributed by atoms with van der Waals surface area (Å²) in [6, 6.07) is 10.0. The lowest BCUT2D eigenvalue weighted by atomic mass is 9.99. The van der Waals surface area contributed by atoms with Gasteiger partial charge < -0.3 is 14.2 Å². The van der Waals surface area contributed by atoms with Gasteiger partial charge in [-0.2, -0.15) is 0 Å². The van der Waals surface area contributed by atoms with Crippen molar-refractivity contribution < 1.29 is 19.0 Å². The molecule has 1 saturated carbocycles. The minimum absolute atomic E-state index is 0.351. The Bertz CT molecular complexity index is 806. The van der Waals surface area contributed by atoms with Crippen LogP contribution in [0.1, 0.15) is 53.5 Å². The van der Waals surface area contributed by atoms with E-state index in [1.807, 2.05) is 19.1 Å². The number of hydrogen-bond acceptors (Lipinski definition) is 4. The summed E-state index contributed by atoms with van der Waals surface area (Å²) in [5.74, 6) is 2.03. The fourth-order valence-corrected chi connectivity index (χ4v) is 3.20. The van der Waals surface area contributed by atoms with E-state index in [-0.39, 0.29) is 0 Å². The van der Waals surface area contributed by atoms with E-state index in [9.17, 15) is 4.79 Å². The lowest BCUT2D eigenvalue weighted by Gasteiger charge is -2.17. The van der Waals surface area contributed by atoms with Crippen LogP contribution in [0, 0.1) is 13.8 Å². The van der Waals surface area contributed by atoms with Crippen molar-refractivity contribution in [2.75, 3.05) is 7.11 Å². The number of hydrogen-bond donors (Lipinski definition) is 0. The molecule has 1 fully saturated rings. The second-order valence-electron chi connectivity index (χ2n) is 6.84. The molecular weight excluding hydrogens is 328 g/mol. The number of ether oxygens (including phenoxy) is 3. The monoisotopic (exact) mass is 354 g/mol. The van der Waals surface area contributed by atoms with Crippen molar-refractivity contribution >= 4 is 6.16 Å². The molecule has 0 unspecified atom stereocenters. The van der Waals surface area contributed by atoms with Gasteiger partial charge in [-0.1, -0.05) is 25.1 Å². The highest BCUT2D eigenvalue weighted by atomic mass is 16.7. The summed E-state index contributed by atoms with van der Waals surface area (Å²) in [7, 11) is 1.30. The number of carbonyl (C=O) groups is 1. The van der Waals surface area contributed by atoms with Crippen molar-refractivity contribution in [2.24, 2.45) is 0 Å². The molecule has 0 atom stereocenters. The molecule has 0 heterocycles. The number of rotatable bonds is 6. The summed E-state index contributed by atoms with van der Waals surface area (Å²) in [5.41, 5.74) is 5.81. The van der Waals surface area contributed by atoms with Crippen molar-refractivity contribution in [3.63, 3.8) is 0 Å². The third-order valence-electron chi connectivity index (χ3n) is 4.97. The van der Waals surface area contributed by atoms with E-state index < -0.39 is 6.16 Å². The zero-order valence-electron chi connectivity index (χ0n) is 15.9. The zero-order valence-corrected chi connectivity index (χ0v) is 15.9. The standard InChI is InChI=1S/C22H26O4/c1-5-16-12-18(17-9-10-17)21(11-15(16)3)25-13-19-14(2)7-6-8-20(19)26-22(23)24-4/h6-8,11-12,17H,5,9-10,13H2,1-4H3. The van der Waals surface area contributed by atoms with E-state index in [1.165, 1.54) is 36.6 Å². The summed E-state index contributed by atoms with van der Waals surface area (Å²) in [6.45, 7) is 6.64. The largest absolute Gasteiger partial charge is 0.513 e. The number of carbonyl (C=O) groups excluding carboxylic acids is 1. The Labute approximate surface area is 155 Å². The van der Waals surface area contributed by atoms with Gasteiger partial charge in [0.05, 0.1) is 7.11 Å². The van der Waals surface area contributed by atoms with Crippen LogP contribution in [0.5, 0.6) is 11.5 Å². The molecule has 0 radical (unpaired) electrons. The minimum atomic E-state index is -0.723. The van der Waals surface area contributed by atoms with Gasteiger partial charge in [-0.05, 0) is 73.4 Å². The van der Waals surface area contributed by atoms with E-state index in [0.717, 1.165) is 23.3 Å². The Balaban J connectivity index is 1.85. The highest BCUT2D eigenvalue weighted by Crippen LogP contribution is 2.45. The summed E-state index contributed by atoms with van der Waals surface area (Å²) < 4.78 is 16.1. The smallest absolute Gasteiger partial charge is 0.488 e. The molecule has 138 valence electrons. The lowest BCUT2D eigenvalue weighted by molar-refractivity contribution is 0.120. The lowest BCUT2D eigenvalue weighted by Crippen LogP contribution is -2.11. The number of aryl methyl sites for hydroxylation is 3. The van der Waals surface area contributed by atoms with Gasteiger partial charge in [0, 0.05) is 5.56 Å². The van der Waals surface area contributed by atoms with Crippen LogP contribution >= 0.6 is 0 Å². The fraction of sp³-hybridized carbons (Fsp3) is 0.409. The molecule has 0 saturated heterocycles. The molecule has 3 rings (SSSR count). The Kier molecular flexibility index (Phi) is 5.50. The third-order valence-corrected chi connectivity index (χ3v) is 4.97. The SMILES string of the molecule is CCc1cc(C2CC2)c(OCc2c(C)cccc2OC(=O)OC)cc1C. The second-order valence-corrected chi connectivity index (χ2v) is 6.84. The van der Waals surface area contributed by atoms with E-state index in [1.54, 1.807) is 6.07 Å². The molecule has 0 spiro atoms. The van der Waals surface area contributed by atoms with Crippen LogP contribution in [-0.2, 0) is 17.8 Å². The van der Waals surface area contributed by atoms with Crippen LogP contribution in [0.3, 0.4) is 0 Å². The van der Waals surface area contributed by atoms with E-state index in [4.69, 9.17) is 9.47 Å². The first-order valence-electron chi connectivity index (χ1n) is 9.14. The van der Waals surface area contributed by atoms with Crippen LogP contribution in [0.2, 0.25) is 0 Å². The first-order valence-corrected chi connectivity index (χ1v) is 9.14. The quantitative estimate of drug-likeness (QED) is 0.510. The summed E-state index contributed by atoms with van der Waals surface area (Å²) in [6.07, 6.45) is 2.76. The first kappa shape index (κ1) is 18.3. The third kappa shape index (κ3) is 4.01. The average Bonchev–Trinajstić information content (AvgIpc) is 3.46. The van der Waals surface area contributed by atoms with Crippen LogP contribution < -0.4 is 9.47 Å². The predicted octanol–water partition coefficient (Wildman–Crippen LogP) is 5.47. The van der Waals surface area contributed by atoms with E-state index in [0.29, 0.717) is 18.3 Å². The summed E-state index contributed by atoms with van der Waals surface area (Å²) in [4.78, 5) is 11.5. The normalized spacial score (nSPS) is 13.4. The molecule has 0 aliphatic heterocycles. The van der Waals surface area contributed by atoms with Gasteiger partial charge in [0.15, 0.2) is 0 Å². The Hall–Kier alpha value is -2.49. The van der Waals surface area contributed by atoms with Gasteiger partial charge in [0.1, 0.15) is 18.1 Å². The van der Waals surface area contributed by atoms with Crippen molar-refractivity contribution in [3.05, 3.63) is 58.1 Å². The summed E-state index contributed by atoms with van der Waals surface area (Å²) >= 11 is 0. The van der Waals surface area contributed by atoms with Gasteiger partial charge in [-0.3, -0.25) is 0 Å². The molecule has 2 aromatic rings. The van der Waals surface area contributed by atoms with Crippen molar-refractivity contribution in [1.29, 1.82) is 0 Å². The molecule has 4 nitrogen and oxygen atoms in total. The van der Waals surface area contributed by atoms with Crippen LogP contribution in [0.25, 0.3) is 0 Å². The van der Waals surface area contributed by atoms with Gasteiger partial charge in [-0.25, -0.2) is 4.79 Å². The van der Waals surface area contributed by atoms with Crippen LogP contribution in [0.4, 0.5) is 4.79 Å². The topological polar surface area (TPSA) is 44.8 Å². The predicted molar refractivity (Wildman–Crippen MR) is 101 cm³/mol. The fourth-order valence-electron chi connectivity index (χ4n) is 3.20. The maximum Gasteiger partial charge on any atom is 0.513 e. The number of methoxy groups -OCH3 is 1. The molecule has 26 heavy (non-hydrogen) atoms. The molecule has 1 aliphatic carbocycles. The Morgan fingerprint density at radius 2 is 1.88 bits per heavy atom. The molecule has 1 aliphatic rings. The van der Waals surface area contributed by atoms with Gasteiger partial charge in [0.25, 0.3) is 0 Å². The van der Waals surface area contributed by atoms with E-state index in [2.05, 4.69) is 30.7 Å². The highest BCUT2D eigenvalue weighted by Gasteiger charge is 2.27.